The van der Waals surface area contributed by atoms with Gasteiger partial charge in [0.05, 0.1) is 12.8 Å². The predicted octanol–water partition coefficient (Wildman–Crippen LogP) is 6.99. The maximum atomic E-state index is 12.9. The number of esters is 1. The zero-order valence-corrected chi connectivity index (χ0v) is 19.5. The molecule has 0 spiro atoms. The lowest BCUT2D eigenvalue weighted by Crippen LogP contribution is -2.11. The van der Waals surface area contributed by atoms with Crippen molar-refractivity contribution in [2.75, 3.05) is 7.11 Å². The fraction of sp³-hybridized carbons (Fsp3) is 0.0333. The highest BCUT2D eigenvalue weighted by Gasteiger charge is 2.20. The van der Waals surface area contributed by atoms with Gasteiger partial charge in [-0.15, -0.1) is 0 Å². The van der Waals surface area contributed by atoms with E-state index in [2.05, 4.69) is 22.3 Å². The minimum absolute atomic E-state index is 0.0548. The van der Waals surface area contributed by atoms with Crippen LogP contribution in [0.4, 0.5) is 5.69 Å². The Hall–Kier alpha value is -4.97. The van der Waals surface area contributed by atoms with Crippen LogP contribution in [0, 0.1) is 0 Å². The van der Waals surface area contributed by atoms with E-state index in [0.29, 0.717) is 17.1 Å². The van der Waals surface area contributed by atoms with Crippen LogP contribution in [-0.4, -0.2) is 24.5 Å². The molecule has 0 saturated heterocycles. The van der Waals surface area contributed by atoms with E-state index in [4.69, 9.17) is 14.0 Å². The molecule has 0 amide bonds. The Balaban J connectivity index is 1.37. The molecule has 0 aliphatic carbocycles. The molecular formula is C30H22N2O4. The summed E-state index contributed by atoms with van der Waals surface area (Å²) in [7, 11) is 1.51. The van der Waals surface area contributed by atoms with Crippen LogP contribution in [0.5, 0.6) is 11.5 Å². The first-order valence-electron chi connectivity index (χ1n) is 11.3. The summed E-state index contributed by atoms with van der Waals surface area (Å²) in [6.07, 6.45) is 1.64. The number of nitrogens with zero attached hydrogens (tertiary/aromatic N) is 2. The number of rotatable bonds is 7. The maximum Gasteiger partial charge on any atom is 0.366 e. The quantitative estimate of drug-likeness (QED) is 0.144. The van der Waals surface area contributed by atoms with Crippen molar-refractivity contribution in [3.8, 4) is 33.9 Å². The van der Waals surface area contributed by atoms with E-state index in [-0.39, 0.29) is 11.4 Å². The minimum Gasteiger partial charge on any atom is -0.493 e. The van der Waals surface area contributed by atoms with E-state index < -0.39 is 5.97 Å². The number of benzene rings is 4. The van der Waals surface area contributed by atoms with Crippen molar-refractivity contribution >= 4 is 17.9 Å². The molecule has 5 rings (SSSR count). The molecule has 0 unspecified atom stereocenters. The Bertz CT molecular complexity index is 1490. The zero-order chi connectivity index (χ0) is 24.7. The first-order chi connectivity index (χ1) is 17.7. The Morgan fingerprint density at radius 3 is 2.17 bits per heavy atom. The third-order valence-corrected chi connectivity index (χ3v) is 5.53. The van der Waals surface area contributed by atoms with Gasteiger partial charge >= 0.3 is 5.97 Å². The molecule has 5 aromatic rings. The van der Waals surface area contributed by atoms with Gasteiger partial charge in [0, 0.05) is 23.4 Å². The normalized spacial score (nSPS) is 10.9. The van der Waals surface area contributed by atoms with Gasteiger partial charge in [-0.2, -0.15) is 0 Å². The Labute approximate surface area is 208 Å². The van der Waals surface area contributed by atoms with Gasteiger partial charge in [0.15, 0.2) is 23.0 Å². The van der Waals surface area contributed by atoms with Crippen LogP contribution in [0.2, 0.25) is 0 Å². The number of ether oxygens (including phenoxy) is 2. The van der Waals surface area contributed by atoms with Crippen LogP contribution in [-0.2, 0) is 0 Å². The third-order valence-electron chi connectivity index (χ3n) is 5.53. The standard InChI is InChI=1S/C30H22N2O4/c1-34-27-14-8-13-24(20-31-25-17-15-22(16-18-25)21-9-4-2-5-10-21)29(27)35-30(33)26-19-28(36-32-26)23-11-6-3-7-12-23/h2-20H,1H3. The molecule has 1 aromatic heterocycles. The molecule has 0 atom stereocenters. The van der Waals surface area contributed by atoms with Crippen molar-refractivity contribution in [3.05, 3.63) is 120 Å². The second kappa shape index (κ2) is 10.5. The number of carbonyl (C=O) groups excluding carboxylic acids is 1. The van der Waals surface area contributed by atoms with Crippen molar-refractivity contribution in [1.82, 2.24) is 5.16 Å². The van der Waals surface area contributed by atoms with Gasteiger partial charge in [0.1, 0.15) is 0 Å². The van der Waals surface area contributed by atoms with Crippen molar-refractivity contribution in [1.29, 1.82) is 0 Å². The molecule has 0 bridgehead atoms. The van der Waals surface area contributed by atoms with Crippen LogP contribution in [0.3, 0.4) is 0 Å². The SMILES string of the molecule is COc1cccc(C=Nc2ccc(-c3ccccc3)cc2)c1OC(=O)c1cc(-c2ccccc2)on1. The number of aromatic nitrogens is 1. The lowest BCUT2D eigenvalue weighted by atomic mass is 10.1. The molecule has 36 heavy (non-hydrogen) atoms. The van der Waals surface area contributed by atoms with Crippen LogP contribution in [0.1, 0.15) is 16.1 Å². The number of hydrogen-bond donors (Lipinski definition) is 0. The Morgan fingerprint density at radius 1 is 0.806 bits per heavy atom. The molecule has 4 aromatic carbocycles. The summed E-state index contributed by atoms with van der Waals surface area (Å²) < 4.78 is 16.5. The van der Waals surface area contributed by atoms with Crippen molar-refractivity contribution < 1.29 is 18.8 Å². The van der Waals surface area contributed by atoms with E-state index >= 15 is 0 Å². The monoisotopic (exact) mass is 474 g/mol. The zero-order valence-electron chi connectivity index (χ0n) is 19.5. The number of carbonyl (C=O) groups is 1. The molecule has 0 saturated carbocycles. The highest BCUT2D eigenvalue weighted by molar-refractivity contribution is 5.93. The molecule has 6 nitrogen and oxygen atoms in total. The van der Waals surface area contributed by atoms with E-state index in [1.807, 2.05) is 72.8 Å². The van der Waals surface area contributed by atoms with Crippen molar-refractivity contribution in [2.45, 2.75) is 0 Å². The van der Waals surface area contributed by atoms with E-state index in [9.17, 15) is 4.79 Å². The number of methoxy groups -OCH3 is 1. The van der Waals surface area contributed by atoms with Gasteiger partial charge in [-0.3, -0.25) is 4.99 Å². The van der Waals surface area contributed by atoms with Gasteiger partial charge < -0.3 is 14.0 Å². The molecule has 0 aliphatic rings. The lowest BCUT2D eigenvalue weighted by Gasteiger charge is -2.10. The van der Waals surface area contributed by atoms with Crippen molar-refractivity contribution in [2.24, 2.45) is 4.99 Å². The second-order valence-corrected chi connectivity index (χ2v) is 7.88. The summed E-state index contributed by atoms with van der Waals surface area (Å²) in [5.74, 6) is 0.466. The summed E-state index contributed by atoms with van der Waals surface area (Å²) in [6.45, 7) is 0. The van der Waals surface area contributed by atoms with Crippen molar-refractivity contribution in [3.63, 3.8) is 0 Å². The van der Waals surface area contributed by atoms with E-state index in [1.54, 1.807) is 30.5 Å². The maximum absolute atomic E-state index is 12.9. The molecular weight excluding hydrogens is 452 g/mol. The van der Waals surface area contributed by atoms with Gasteiger partial charge in [0.25, 0.3) is 0 Å². The molecule has 0 N–H and O–H groups in total. The van der Waals surface area contributed by atoms with Gasteiger partial charge in [-0.25, -0.2) is 4.79 Å². The molecule has 0 radical (unpaired) electrons. The summed E-state index contributed by atoms with van der Waals surface area (Å²) in [5.41, 5.74) is 4.46. The minimum atomic E-state index is -0.660. The molecule has 0 fully saturated rings. The second-order valence-electron chi connectivity index (χ2n) is 7.88. The first kappa shape index (κ1) is 22.8. The fourth-order valence-corrected chi connectivity index (χ4v) is 3.67. The van der Waals surface area contributed by atoms with E-state index in [1.165, 1.54) is 7.11 Å². The lowest BCUT2D eigenvalue weighted by molar-refractivity contribution is 0.0718. The van der Waals surface area contributed by atoms with Crippen LogP contribution >= 0.6 is 0 Å². The highest BCUT2D eigenvalue weighted by atomic mass is 16.6. The summed E-state index contributed by atoms with van der Waals surface area (Å²) in [6, 6.07) is 34.3. The fourth-order valence-electron chi connectivity index (χ4n) is 3.67. The summed E-state index contributed by atoms with van der Waals surface area (Å²) in [4.78, 5) is 17.4. The Morgan fingerprint density at radius 2 is 1.47 bits per heavy atom. The average molecular weight is 475 g/mol. The van der Waals surface area contributed by atoms with Crippen LogP contribution < -0.4 is 9.47 Å². The number of para-hydroxylation sites is 1. The van der Waals surface area contributed by atoms with Gasteiger partial charge in [0.2, 0.25) is 0 Å². The highest BCUT2D eigenvalue weighted by Crippen LogP contribution is 2.32. The van der Waals surface area contributed by atoms with Gasteiger partial charge in [-0.1, -0.05) is 84.0 Å². The first-order valence-corrected chi connectivity index (χ1v) is 11.3. The predicted molar refractivity (Wildman–Crippen MR) is 139 cm³/mol. The molecule has 0 aliphatic heterocycles. The largest absolute Gasteiger partial charge is 0.493 e. The molecule has 6 heteroatoms. The average Bonchev–Trinajstić information content (AvgIpc) is 3.44. The summed E-state index contributed by atoms with van der Waals surface area (Å²) in [5, 5.41) is 3.88. The van der Waals surface area contributed by atoms with Gasteiger partial charge in [-0.05, 0) is 35.4 Å². The summed E-state index contributed by atoms with van der Waals surface area (Å²) >= 11 is 0. The smallest absolute Gasteiger partial charge is 0.366 e. The molecule has 176 valence electrons. The number of hydrogen-bond acceptors (Lipinski definition) is 6. The number of aliphatic imine (C=N–C) groups is 1. The van der Waals surface area contributed by atoms with Crippen LogP contribution in [0.25, 0.3) is 22.5 Å². The topological polar surface area (TPSA) is 73.9 Å². The third kappa shape index (κ3) is 5.08. The van der Waals surface area contributed by atoms with Crippen LogP contribution in [0.15, 0.2) is 119 Å². The Kier molecular flexibility index (Phi) is 6.67. The van der Waals surface area contributed by atoms with E-state index in [0.717, 1.165) is 22.4 Å². The molecule has 1 heterocycles.